The lowest BCUT2D eigenvalue weighted by atomic mass is 10.0. The Morgan fingerprint density at radius 3 is 2.65 bits per heavy atom. The van der Waals surface area contributed by atoms with Crippen LogP contribution in [-0.4, -0.2) is 63.4 Å². The second-order valence-corrected chi connectivity index (χ2v) is 5.82. The zero-order valence-electron chi connectivity index (χ0n) is 14.9. The van der Waals surface area contributed by atoms with Gasteiger partial charge in [0.1, 0.15) is 5.82 Å². The third kappa shape index (κ3) is 7.73. The fourth-order valence-electron chi connectivity index (χ4n) is 2.81. The molecule has 150 valence electrons. The van der Waals surface area contributed by atoms with E-state index in [0.717, 1.165) is 18.7 Å². The van der Waals surface area contributed by atoms with Gasteiger partial charge in [0, 0.05) is 33.3 Å². The number of ether oxygens (including phenoxy) is 2. The molecule has 1 fully saturated rings. The van der Waals surface area contributed by atoms with Crippen LogP contribution in [0.4, 0.5) is 4.39 Å². The maximum absolute atomic E-state index is 13.6. The second kappa shape index (κ2) is 13.2. The van der Waals surface area contributed by atoms with Crippen LogP contribution in [-0.2, 0) is 14.3 Å². The molecule has 9 heteroatoms. The Morgan fingerprint density at radius 2 is 2.08 bits per heavy atom. The largest absolute Gasteiger partial charge is 0.380 e. The normalized spacial score (nSPS) is 16.7. The molecule has 1 heterocycles. The van der Waals surface area contributed by atoms with E-state index < -0.39 is 0 Å². The van der Waals surface area contributed by atoms with E-state index in [1.165, 1.54) is 19.2 Å². The van der Waals surface area contributed by atoms with E-state index in [-0.39, 0.29) is 55.1 Å². The van der Waals surface area contributed by atoms with Gasteiger partial charge in [-0.2, -0.15) is 0 Å². The number of hydrogen-bond donors (Lipinski definition) is 2. The predicted octanol–water partition coefficient (Wildman–Crippen LogP) is 1.52. The van der Waals surface area contributed by atoms with Crippen molar-refractivity contribution in [1.29, 1.82) is 0 Å². The summed E-state index contributed by atoms with van der Waals surface area (Å²) in [5.41, 5.74) is 6.39. The highest BCUT2D eigenvalue weighted by atomic mass is 35.5. The van der Waals surface area contributed by atoms with E-state index >= 15 is 0 Å². The highest BCUT2D eigenvalue weighted by Crippen LogP contribution is 2.22. The van der Waals surface area contributed by atoms with Crippen molar-refractivity contribution in [3.8, 4) is 0 Å². The molecule has 1 aromatic rings. The standard InChI is InChI=1S/C17H26FN3O3.2ClH/c1-23-15(11-19)10-17(22)20-12-16(21-5-7-24-8-6-21)13-3-2-4-14(18)9-13;;/h2-4,9,15-16H,5-8,10-12,19H2,1H3,(H,20,22);2*1H. The fraction of sp³-hybridized carbons (Fsp3) is 0.588. The van der Waals surface area contributed by atoms with Crippen LogP contribution in [0.5, 0.6) is 0 Å². The topological polar surface area (TPSA) is 76.8 Å². The van der Waals surface area contributed by atoms with Gasteiger partial charge in [-0.1, -0.05) is 12.1 Å². The van der Waals surface area contributed by atoms with E-state index in [2.05, 4.69) is 10.2 Å². The van der Waals surface area contributed by atoms with Crippen molar-refractivity contribution in [3.63, 3.8) is 0 Å². The molecule has 3 N–H and O–H groups in total. The van der Waals surface area contributed by atoms with Crippen LogP contribution < -0.4 is 11.1 Å². The maximum atomic E-state index is 13.6. The summed E-state index contributed by atoms with van der Waals surface area (Å²) in [5, 5.41) is 2.92. The molecule has 0 spiro atoms. The van der Waals surface area contributed by atoms with E-state index in [9.17, 15) is 9.18 Å². The van der Waals surface area contributed by atoms with Crippen LogP contribution in [0.15, 0.2) is 24.3 Å². The first-order valence-electron chi connectivity index (χ1n) is 8.21. The molecule has 2 atom stereocenters. The maximum Gasteiger partial charge on any atom is 0.222 e. The van der Waals surface area contributed by atoms with Gasteiger partial charge in [-0.15, -0.1) is 24.8 Å². The number of nitrogens with one attached hydrogen (secondary N) is 1. The van der Waals surface area contributed by atoms with Crippen molar-refractivity contribution < 1.29 is 18.7 Å². The molecule has 26 heavy (non-hydrogen) atoms. The molecule has 0 saturated carbocycles. The Balaban J connectivity index is 0.00000312. The number of nitrogens with zero attached hydrogens (tertiary/aromatic N) is 1. The fourth-order valence-corrected chi connectivity index (χ4v) is 2.81. The summed E-state index contributed by atoms with van der Waals surface area (Å²) in [6, 6.07) is 6.42. The molecule has 0 radical (unpaired) electrons. The van der Waals surface area contributed by atoms with E-state index in [1.807, 2.05) is 6.07 Å². The number of carbonyl (C=O) groups is 1. The number of hydrogen-bond acceptors (Lipinski definition) is 5. The number of nitrogens with two attached hydrogens (primary N) is 1. The Kier molecular flexibility index (Phi) is 12.8. The molecular weight excluding hydrogens is 384 g/mol. The van der Waals surface area contributed by atoms with Crippen LogP contribution in [0, 0.1) is 5.82 Å². The number of carbonyl (C=O) groups excluding carboxylic acids is 1. The second-order valence-electron chi connectivity index (χ2n) is 5.82. The van der Waals surface area contributed by atoms with Gasteiger partial charge in [0.25, 0.3) is 0 Å². The Labute approximate surface area is 166 Å². The number of benzene rings is 1. The number of halogens is 3. The number of rotatable bonds is 8. The summed E-state index contributed by atoms with van der Waals surface area (Å²) in [6.07, 6.45) is -0.0765. The molecular formula is C17H28Cl2FN3O3. The molecule has 6 nitrogen and oxygen atoms in total. The molecule has 0 bridgehead atoms. The van der Waals surface area contributed by atoms with Crippen LogP contribution in [0.25, 0.3) is 0 Å². The first-order valence-corrected chi connectivity index (χ1v) is 8.21. The first kappa shape index (κ1) is 25.0. The van der Waals surface area contributed by atoms with Crippen LogP contribution >= 0.6 is 24.8 Å². The molecule has 1 aliphatic rings. The third-order valence-electron chi connectivity index (χ3n) is 4.22. The van der Waals surface area contributed by atoms with E-state index in [0.29, 0.717) is 26.3 Å². The minimum atomic E-state index is -0.291. The lowest BCUT2D eigenvalue weighted by molar-refractivity contribution is -0.123. The lowest BCUT2D eigenvalue weighted by Gasteiger charge is -2.35. The smallest absolute Gasteiger partial charge is 0.222 e. The van der Waals surface area contributed by atoms with Crippen LogP contribution in [0.3, 0.4) is 0 Å². The van der Waals surface area contributed by atoms with Gasteiger partial charge < -0.3 is 20.5 Å². The molecule has 1 amide bonds. The summed E-state index contributed by atoms with van der Waals surface area (Å²) in [6.45, 7) is 3.47. The quantitative estimate of drug-likeness (QED) is 0.677. The van der Waals surface area contributed by atoms with Gasteiger partial charge in [0.2, 0.25) is 5.91 Å². The van der Waals surface area contributed by atoms with Crippen molar-refractivity contribution in [2.75, 3.05) is 46.5 Å². The summed E-state index contributed by atoms with van der Waals surface area (Å²) in [4.78, 5) is 14.3. The SMILES string of the molecule is COC(CN)CC(=O)NCC(c1cccc(F)c1)N1CCOCC1.Cl.Cl. The average Bonchev–Trinajstić information content (AvgIpc) is 2.61. The lowest BCUT2D eigenvalue weighted by Crippen LogP contribution is -2.44. The average molecular weight is 412 g/mol. The van der Waals surface area contributed by atoms with Gasteiger partial charge in [-0.25, -0.2) is 4.39 Å². The van der Waals surface area contributed by atoms with Gasteiger partial charge >= 0.3 is 0 Å². The highest BCUT2D eigenvalue weighted by Gasteiger charge is 2.24. The minimum absolute atomic E-state index is 0. The van der Waals surface area contributed by atoms with Gasteiger partial charge in [-0.05, 0) is 17.7 Å². The van der Waals surface area contributed by atoms with Crippen molar-refractivity contribution in [2.45, 2.75) is 18.6 Å². The van der Waals surface area contributed by atoms with Gasteiger partial charge in [-0.3, -0.25) is 9.69 Å². The van der Waals surface area contributed by atoms with Gasteiger partial charge in [0.15, 0.2) is 0 Å². The van der Waals surface area contributed by atoms with Crippen molar-refractivity contribution >= 4 is 30.7 Å². The monoisotopic (exact) mass is 411 g/mol. The summed E-state index contributed by atoms with van der Waals surface area (Å²) < 4.78 is 24.1. The summed E-state index contributed by atoms with van der Waals surface area (Å²) in [5.74, 6) is -0.401. The number of amides is 1. The summed E-state index contributed by atoms with van der Waals surface area (Å²) >= 11 is 0. The number of morpholine rings is 1. The summed E-state index contributed by atoms with van der Waals surface area (Å²) in [7, 11) is 1.54. The molecule has 1 aliphatic heterocycles. The van der Waals surface area contributed by atoms with Gasteiger partial charge in [0.05, 0.1) is 31.8 Å². The van der Waals surface area contributed by atoms with Crippen molar-refractivity contribution in [2.24, 2.45) is 5.73 Å². The van der Waals surface area contributed by atoms with E-state index in [4.69, 9.17) is 15.2 Å². The Morgan fingerprint density at radius 1 is 1.38 bits per heavy atom. The molecule has 1 aromatic carbocycles. The van der Waals surface area contributed by atoms with Crippen molar-refractivity contribution in [3.05, 3.63) is 35.6 Å². The minimum Gasteiger partial charge on any atom is -0.380 e. The molecule has 1 saturated heterocycles. The zero-order valence-corrected chi connectivity index (χ0v) is 16.5. The van der Waals surface area contributed by atoms with Crippen LogP contribution in [0.2, 0.25) is 0 Å². The Bertz CT molecular complexity index is 530. The molecule has 0 aromatic heterocycles. The first-order chi connectivity index (χ1) is 11.6. The predicted molar refractivity (Wildman–Crippen MR) is 104 cm³/mol. The van der Waals surface area contributed by atoms with E-state index in [1.54, 1.807) is 6.07 Å². The zero-order chi connectivity index (χ0) is 17.4. The third-order valence-corrected chi connectivity index (χ3v) is 4.22. The van der Waals surface area contributed by atoms with Crippen molar-refractivity contribution in [1.82, 2.24) is 10.2 Å². The Hall–Kier alpha value is -0.960. The molecule has 0 aliphatic carbocycles. The molecule has 2 rings (SSSR count). The number of methoxy groups -OCH3 is 1. The van der Waals surface area contributed by atoms with Crippen LogP contribution in [0.1, 0.15) is 18.0 Å². The highest BCUT2D eigenvalue weighted by molar-refractivity contribution is 5.85. The molecule has 2 unspecified atom stereocenters.